The maximum absolute atomic E-state index is 12.0. The van der Waals surface area contributed by atoms with Gasteiger partial charge in [0.2, 0.25) is 0 Å². The van der Waals surface area contributed by atoms with Gasteiger partial charge in [-0.15, -0.1) is 0 Å². The van der Waals surface area contributed by atoms with E-state index in [0.717, 1.165) is 43.8 Å². The lowest BCUT2D eigenvalue weighted by molar-refractivity contribution is -0.139. The Hall–Kier alpha value is -2.08. The molecule has 6 heteroatoms. The Labute approximate surface area is 142 Å². The number of hydrogen-bond donors (Lipinski definition) is 2. The van der Waals surface area contributed by atoms with Gasteiger partial charge >= 0.3 is 11.8 Å². The van der Waals surface area contributed by atoms with Crippen molar-refractivity contribution in [3.63, 3.8) is 0 Å². The Morgan fingerprint density at radius 3 is 2.50 bits per heavy atom. The van der Waals surface area contributed by atoms with E-state index in [4.69, 9.17) is 9.47 Å². The molecule has 6 nitrogen and oxygen atoms in total. The van der Waals surface area contributed by atoms with Crippen LogP contribution in [0.4, 0.5) is 0 Å². The SMILES string of the molecule is COc1ccc(C(C)NC(=O)C(=O)NCCC2CCOCC2)cc1. The number of carbonyl (C=O) groups is 2. The summed E-state index contributed by atoms with van der Waals surface area (Å²) in [4.78, 5) is 23.8. The number of rotatable bonds is 6. The third kappa shape index (κ3) is 5.53. The summed E-state index contributed by atoms with van der Waals surface area (Å²) < 4.78 is 10.4. The highest BCUT2D eigenvalue weighted by Crippen LogP contribution is 2.18. The van der Waals surface area contributed by atoms with Crippen molar-refractivity contribution in [1.82, 2.24) is 10.6 Å². The summed E-state index contributed by atoms with van der Waals surface area (Å²) in [5.74, 6) is 0.135. The van der Waals surface area contributed by atoms with Crippen molar-refractivity contribution < 1.29 is 19.1 Å². The molecule has 24 heavy (non-hydrogen) atoms. The fraction of sp³-hybridized carbons (Fsp3) is 0.556. The molecule has 2 amide bonds. The van der Waals surface area contributed by atoms with E-state index in [9.17, 15) is 9.59 Å². The highest BCUT2D eigenvalue weighted by Gasteiger charge is 2.18. The predicted octanol–water partition coefficient (Wildman–Crippen LogP) is 1.81. The first-order valence-corrected chi connectivity index (χ1v) is 8.40. The Morgan fingerprint density at radius 1 is 1.21 bits per heavy atom. The molecular weight excluding hydrogens is 308 g/mol. The summed E-state index contributed by atoms with van der Waals surface area (Å²) in [6.07, 6.45) is 2.93. The van der Waals surface area contributed by atoms with Crippen LogP contribution in [-0.4, -0.2) is 38.7 Å². The molecule has 1 atom stereocenters. The molecule has 0 saturated carbocycles. The van der Waals surface area contributed by atoms with E-state index in [1.807, 2.05) is 31.2 Å². The molecule has 132 valence electrons. The zero-order valence-corrected chi connectivity index (χ0v) is 14.3. The Bertz CT molecular complexity index is 538. The number of hydrogen-bond acceptors (Lipinski definition) is 4. The first kappa shape index (κ1) is 18.3. The molecule has 0 aromatic heterocycles. The molecule has 1 heterocycles. The lowest BCUT2D eigenvalue weighted by Crippen LogP contribution is -2.41. The van der Waals surface area contributed by atoms with Crippen molar-refractivity contribution in [2.45, 2.75) is 32.2 Å². The lowest BCUT2D eigenvalue weighted by Gasteiger charge is -2.21. The van der Waals surface area contributed by atoms with E-state index < -0.39 is 11.8 Å². The van der Waals surface area contributed by atoms with Gasteiger partial charge in [-0.2, -0.15) is 0 Å². The second-order valence-electron chi connectivity index (χ2n) is 6.07. The van der Waals surface area contributed by atoms with Crippen LogP contribution in [-0.2, 0) is 14.3 Å². The maximum atomic E-state index is 12.0. The Kier molecular flexibility index (Phi) is 7.06. The van der Waals surface area contributed by atoms with Crippen LogP contribution in [0.3, 0.4) is 0 Å². The topological polar surface area (TPSA) is 76.7 Å². The van der Waals surface area contributed by atoms with E-state index in [1.165, 1.54) is 0 Å². The molecule has 1 aromatic rings. The summed E-state index contributed by atoms with van der Waals surface area (Å²) in [7, 11) is 1.60. The Morgan fingerprint density at radius 2 is 1.88 bits per heavy atom. The van der Waals surface area contributed by atoms with Crippen molar-refractivity contribution in [3.8, 4) is 5.75 Å². The largest absolute Gasteiger partial charge is 0.497 e. The number of ether oxygens (including phenoxy) is 2. The fourth-order valence-electron chi connectivity index (χ4n) is 2.74. The van der Waals surface area contributed by atoms with Crippen LogP contribution in [0, 0.1) is 5.92 Å². The van der Waals surface area contributed by atoms with Crippen LogP contribution in [0.15, 0.2) is 24.3 Å². The second kappa shape index (κ2) is 9.27. The molecule has 1 saturated heterocycles. The average molecular weight is 334 g/mol. The van der Waals surface area contributed by atoms with Crippen LogP contribution in [0.5, 0.6) is 5.75 Å². The van der Waals surface area contributed by atoms with Crippen molar-refractivity contribution >= 4 is 11.8 Å². The molecular formula is C18H26N2O4. The summed E-state index contributed by atoms with van der Waals surface area (Å²) in [6, 6.07) is 7.14. The van der Waals surface area contributed by atoms with Gasteiger partial charge in [0.15, 0.2) is 0 Å². The molecule has 0 radical (unpaired) electrons. The van der Waals surface area contributed by atoms with Crippen molar-refractivity contribution in [2.75, 3.05) is 26.9 Å². The summed E-state index contributed by atoms with van der Waals surface area (Å²) in [5, 5.41) is 5.40. The van der Waals surface area contributed by atoms with E-state index in [0.29, 0.717) is 12.5 Å². The van der Waals surface area contributed by atoms with E-state index in [2.05, 4.69) is 10.6 Å². The molecule has 0 spiro atoms. The molecule has 0 aliphatic carbocycles. The minimum atomic E-state index is -0.606. The van der Waals surface area contributed by atoms with Gasteiger partial charge in [0.1, 0.15) is 5.75 Å². The van der Waals surface area contributed by atoms with Crippen LogP contribution >= 0.6 is 0 Å². The maximum Gasteiger partial charge on any atom is 0.309 e. The smallest absolute Gasteiger partial charge is 0.309 e. The summed E-state index contributed by atoms with van der Waals surface area (Å²) >= 11 is 0. The van der Waals surface area contributed by atoms with Crippen molar-refractivity contribution in [3.05, 3.63) is 29.8 Å². The molecule has 1 aromatic carbocycles. The third-order valence-electron chi connectivity index (χ3n) is 4.35. The molecule has 1 aliphatic heterocycles. The van der Waals surface area contributed by atoms with Crippen LogP contribution in [0.1, 0.15) is 37.8 Å². The van der Waals surface area contributed by atoms with Gasteiger partial charge in [-0.05, 0) is 49.8 Å². The van der Waals surface area contributed by atoms with Gasteiger partial charge in [0.25, 0.3) is 0 Å². The number of amides is 2. The monoisotopic (exact) mass is 334 g/mol. The summed E-state index contributed by atoms with van der Waals surface area (Å²) in [5.41, 5.74) is 0.916. The van der Waals surface area contributed by atoms with Gasteiger partial charge in [-0.3, -0.25) is 9.59 Å². The molecule has 2 N–H and O–H groups in total. The molecule has 0 bridgehead atoms. The van der Waals surface area contributed by atoms with Crippen molar-refractivity contribution in [2.24, 2.45) is 5.92 Å². The molecule has 1 aliphatic rings. The van der Waals surface area contributed by atoms with Crippen LogP contribution in [0.2, 0.25) is 0 Å². The number of benzene rings is 1. The molecule has 1 unspecified atom stereocenters. The van der Waals surface area contributed by atoms with Gasteiger partial charge in [0.05, 0.1) is 13.2 Å². The van der Waals surface area contributed by atoms with E-state index in [-0.39, 0.29) is 6.04 Å². The van der Waals surface area contributed by atoms with Crippen LogP contribution < -0.4 is 15.4 Å². The third-order valence-corrected chi connectivity index (χ3v) is 4.35. The standard InChI is InChI=1S/C18H26N2O4/c1-13(15-3-5-16(23-2)6-4-15)20-18(22)17(21)19-10-7-14-8-11-24-12-9-14/h3-6,13-14H,7-12H2,1-2H3,(H,19,21)(H,20,22). The van der Waals surface area contributed by atoms with Crippen LogP contribution in [0.25, 0.3) is 0 Å². The Balaban J connectivity index is 1.72. The van der Waals surface area contributed by atoms with Gasteiger partial charge < -0.3 is 20.1 Å². The number of nitrogens with one attached hydrogen (secondary N) is 2. The first-order valence-electron chi connectivity index (χ1n) is 8.40. The zero-order chi connectivity index (χ0) is 17.4. The molecule has 2 rings (SSSR count). The lowest BCUT2D eigenvalue weighted by atomic mass is 9.97. The minimum Gasteiger partial charge on any atom is -0.497 e. The number of methoxy groups -OCH3 is 1. The first-order chi connectivity index (χ1) is 11.6. The zero-order valence-electron chi connectivity index (χ0n) is 14.3. The minimum absolute atomic E-state index is 0.246. The average Bonchev–Trinajstić information content (AvgIpc) is 2.62. The summed E-state index contributed by atoms with van der Waals surface area (Å²) in [6.45, 7) is 3.94. The number of carbonyl (C=O) groups excluding carboxylic acids is 2. The highest BCUT2D eigenvalue weighted by molar-refractivity contribution is 6.35. The molecule has 1 fully saturated rings. The van der Waals surface area contributed by atoms with Gasteiger partial charge in [-0.1, -0.05) is 12.1 Å². The van der Waals surface area contributed by atoms with E-state index in [1.54, 1.807) is 7.11 Å². The van der Waals surface area contributed by atoms with E-state index >= 15 is 0 Å². The van der Waals surface area contributed by atoms with Gasteiger partial charge in [0, 0.05) is 19.8 Å². The van der Waals surface area contributed by atoms with Crippen molar-refractivity contribution in [1.29, 1.82) is 0 Å². The second-order valence-corrected chi connectivity index (χ2v) is 6.07. The van der Waals surface area contributed by atoms with Gasteiger partial charge in [-0.25, -0.2) is 0 Å². The normalized spacial score (nSPS) is 16.2. The quantitative estimate of drug-likeness (QED) is 0.778. The predicted molar refractivity (Wildman–Crippen MR) is 90.7 cm³/mol. The highest BCUT2D eigenvalue weighted by atomic mass is 16.5. The fourth-order valence-corrected chi connectivity index (χ4v) is 2.74.